The molecule has 6 nitrogen and oxygen atoms in total. The second kappa shape index (κ2) is 7.40. The normalized spacial score (nSPS) is 15.3. The standard InChI is InChI=1S/C18H23N5O/c1-21(2)17-6-4-3-5-15(17)14-22-9-11-23(12-10-22)18(24)16-13-19-7-8-20-16/h3-8,13H,9-12,14H2,1-2H3. The van der Waals surface area contributed by atoms with Crippen molar-refractivity contribution >= 4 is 11.6 Å². The lowest BCUT2D eigenvalue weighted by Crippen LogP contribution is -2.48. The molecule has 0 aliphatic carbocycles. The Morgan fingerprint density at radius 1 is 1.12 bits per heavy atom. The minimum atomic E-state index is -0.0311. The van der Waals surface area contributed by atoms with Gasteiger partial charge in [-0.3, -0.25) is 14.7 Å². The maximum Gasteiger partial charge on any atom is 0.274 e. The summed E-state index contributed by atoms with van der Waals surface area (Å²) in [6.07, 6.45) is 4.67. The van der Waals surface area contributed by atoms with Crippen LogP contribution < -0.4 is 4.90 Å². The quantitative estimate of drug-likeness (QED) is 0.853. The van der Waals surface area contributed by atoms with Crippen molar-refractivity contribution in [3.63, 3.8) is 0 Å². The number of carbonyl (C=O) groups is 1. The van der Waals surface area contributed by atoms with Gasteiger partial charge in [-0.2, -0.15) is 0 Å². The molecule has 1 aromatic heterocycles. The molecule has 1 aliphatic rings. The minimum Gasteiger partial charge on any atom is -0.377 e. The Morgan fingerprint density at radius 3 is 2.54 bits per heavy atom. The van der Waals surface area contributed by atoms with E-state index in [0.29, 0.717) is 5.69 Å². The number of hydrogen-bond acceptors (Lipinski definition) is 5. The summed E-state index contributed by atoms with van der Waals surface area (Å²) in [4.78, 5) is 26.9. The molecule has 0 unspecified atom stereocenters. The van der Waals surface area contributed by atoms with E-state index in [9.17, 15) is 4.79 Å². The number of carbonyl (C=O) groups excluding carboxylic acids is 1. The van der Waals surface area contributed by atoms with Gasteiger partial charge in [0.05, 0.1) is 6.20 Å². The van der Waals surface area contributed by atoms with Crippen LogP contribution in [-0.4, -0.2) is 65.9 Å². The van der Waals surface area contributed by atoms with Crippen LogP contribution in [0.15, 0.2) is 42.9 Å². The van der Waals surface area contributed by atoms with Crippen molar-refractivity contribution in [3.05, 3.63) is 54.1 Å². The Hall–Kier alpha value is -2.47. The monoisotopic (exact) mass is 325 g/mol. The molecular weight excluding hydrogens is 302 g/mol. The SMILES string of the molecule is CN(C)c1ccccc1CN1CCN(C(=O)c2cnccn2)CC1. The molecule has 2 heterocycles. The maximum absolute atomic E-state index is 12.4. The molecule has 0 N–H and O–H groups in total. The molecule has 0 bridgehead atoms. The molecule has 126 valence electrons. The molecule has 24 heavy (non-hydrogen) atoms. The Kier molecular flexibility index (Phi) is 5.05. The van der Waals surface area contributed by atoms with Gasteiger partial charge in [0.1, 0.15) is 5.69 Å². The summed E-state index contributed by atoms with van der Waals surface area (Å²) in [7, 11) is 4.13. The van der Waals surface area contributed by atoms with Crippen molar-refractivity contribution in [2.45, 2.75) is 6.54 Å². The van der Waals surface area contributed by atoms with Gasteiger partial charge in [0, 0.05) is 64.9 Å². The summed E-state index contributed by atoms with van der Waals surface area (Å²) in [5.74, 6) is -0.0311. The molecule has 3 rings (SSSR count). The van der Waals surface area contributed by atoms with Gasteiger partial charge in [-0.25, -0.2) is 4.98 Å². The number of aromatic nitrogens is 2. The van der Waals surface area contributed by atoms with E-state index < -0.39 is 0 Å². The first-order valence-corrected chi connectivity index (χ1v) is 8.18. The van der Waals surface area contributed by atoms with Crippen LogP contribution in [0.3, 0.4) is 0 Å². The fraction of sp³-hybridized carbons (Fsp3) is 0.389. The van der Waals surface area contributed by atoms with Crippen LogP contribution in [0.1, 0.15) is 16.1 Å². The Morgan fingerprint density at radius 2 is 1.88 bits per heavy atom. The molecule has 1 amide bonds. The summed E-state index contributed by atoms with van der Waals surface area (Å²) in [5, 5.41) is 0. The fourth-order valence-corrected chi connectivity index (χ4v) is 3.00. The molecule has 1 fully saturated rings. The molecule has 0 saturated carbocycles. The first kappa shape index (κ1) is 16.4. The van der Waals surface area contributed by atoms with Gasteiger partial charge in [-0.1, -0.05) is 18.2 Å². The van der Waals surface area contributed by atoms with Gasteiger partial charge in [0.15, 0.2) is 0 Å². The third kappa shape index (κ3) is 3.71. The van der Waals surface area contributed by atoms with Crippen LogP contribution in [-0.2, 0) is 6.54 Å². The molecule has 0 radical (unpaired) electrons. The molecule has 1 aliphatic heterocycles. The molecular formula is C18H23N5O. The third-order valence-corrected chi connectivity index (χ3v) is 4.31. The lowest BCUT2D eigenvalue weighted by molar-refractivity contribution is 0.0622. The topological polar surface area (TPSA) is 52.6 Å². The summed E-state index contributed by atoms with van der Waals surface area (Å²) >= 11 is 0. The zero-order chi connectivity index (χ0) is 16.9. The predicted octanol–water partition coefficient (Wildman–Crippen LogP) is 1.50. The minimum absolute atomic E-state index is 0.0311. The molecule has 6 heteroatoms. The average Bonchev–Trinajstić information content (AvgIpc) is 2.63. The van der Waals surface area contributed by atoms with Crippen LogP contribution in [0.4, 0.5) is 5.69 Å². The molecule has 2 aromatic rings. The number of piperazine rings is 1. The molecule has 0 atom stereocenters. The zero-order valence-corrected chi connectivity index (χ0v) is 14.2. The first-order chi connectivity index (χ1) is 11.6. The van der Waals surface area contributed by atoms with Crippen LogP contribution >= 0.6 is 0 Å². The van der Waals surface area contributed by atoms with Crippen LogP contribution in [0.5, 0.6) is 0 Å². The Labute approximate surface area is 142 Å². The van der Waals surface area contributed by atoms with Crippen LogP contribution in [0, 0.1) is 0 Å². The largest absolute Gasteiger partial charge is 0.377 e. The van der Waals surface area contributed by atoms with E-state index in [-0.39, 0.29) is 5.91 Å². The van der Waals surface area contributed by atoms with E-state index in [2.05, 4.69) is 58.1 Å². The third-order valence-electron chi connectivity index (χ3n) is 4.31. The number of nitrogens with zero attached hydrogens (tertiary/aromatic N) is 5. The van der Waals surface area contributed by atoms with Crippen molar-refractivity contribution in [3.8, 4) is 0 Å². The highest BCUT2D eigenvalue weighted by Gasteiger charge is 2.23. The summed E-state index contributed by atoms with van der Waals surface area (Å²) in [6, 6.07) is 8.46. The van der Waals surface area contributed by atoms with Crippen molar-refractivity contribution in [1.82, 2.24) is 19.8 Å². The van der Waals surface area contributed by atoms with Crippen LogP contribution in [0.2, 0.25) is 0 Å². The number of anilines is 1. The molecule has 1 saturated heterocycles. The lowest BCUT2D eigenvalue weighted by Gasteiger charge is -2.35. The number of rotatable bonds is 4. The van der Waals surface area contributed by atoms with E-state index >= 15 is 0 Å². The van der Waals surface area contributed by atoms with E-state index in [4.69, 9.17) is 0 Å². The smallest absolute Gasteiger partial charge is 0.274 e. The number of benzene rings is 1. The summed E-state index contributed by atoms with van der Waals surface area (Å²) in [6.45, 7) is 4.09. The Balaban J connectivity index is 1.59. The summed E-state index contributed by atoms with van der Waals surface area (Å²) < 4.78 is 0. The van der Waals surface area contributed by atoms with Crippen molar-refractivity contribution in [2.75, 3.05) is 45.2 Å². The lowest BCUT2D eigenvalue weighted by atomic mass is 10.1. The van der Waals surface area contributed by atoms with Crippen molar-refractivity contribution < 1.29 is 4.79 Å². The zero-order valence-electron chi connectivity index (χ0n) is 14.2. The van der Waals surface area contributed by atoms with E-state index in [1.54, 1.807) is 12.4 Å². The second-order valence-electron chi connectivity index (χ2n) is 6.18. The molecule has 1 aromatic carbocycles. The van der Waals surface area contributed by atoms with Gasteiger partial charge in [-0.15, -0.1) is 0 Å². The van der Waals surface area contributed by atoms with Crippen LogP contribution in [0.25, 0.3) is 0 Å². The predicted molar refractivity (Wildman–Crippen MR) is 94.0 cm³/mol. The maximum atomic E-state index is 12.4. The summed E-state index contributed by atoms with van der Waals surface area (Å²) in [5.41, 5.74) is 2.98. The second-order valence-corrected chi connectivity index (χ2v) is 6.18. The van der Waals surface area contributed by atoms with E-state index in [0.717, 1.165) is 32.7 Å². The van der Waals surface area contributed by atoms with Gasteiger partial charge < -0.3 is 9.80 Å². The highest BCUT2D eigenvalue weighted by molar-refractivity contribution is 5.92. The van der Waals surface area contributed by atoms with Gasteiger partial charge >= 0.3 is 0 Å². The Bertz CT molecular complexity index is 681. The number of para-hydroxylation sites is 1. The fourth-order valence-electron chi connectivity index (χ4n) is 3.00. The highest BCUT2D eigenvalue weighted by Crippen LogP contribution is 2.20. The van der Waals surface area contributed by atoms with Crippen molar-refractivity contribution in [1.29, 1.82) is 0 Å². The van der Waals surface area contributed by atoms with Gasteiger partial charge in [0.2, 0.25) is 0 Å². The number of amides is 1. The highest BCUT2D eigenvalue weighted by atomic mass is 16.2. The van der Waals surface area contributed by atoms with Crippen molar-refractivity contribution in [2.24, 2.45) is 0 Å². The van der Waals surface area contributed by atoms with Gasteiger partial charge in [-0.05, 0) is 11.6 Å². The molecule has 0 spiro atoms. The van der Waals surface area contributed by atoms with E-state index in [1.807, 2.05) is 4.90 Å². The van der Waals surface area contributed by atoms with Gasteiger partial charge in [0.25, 0.3) is 5.91 Å². The average molecular weight is 325 g/mol. The van der Waals surface area contributed by atoms with E-state index in [1.165, 1.54) is 17.4 Å². The number of hydrogen-bond donors (Lipinski definition) is 0. The first-order valence-electron chi connectivity index (χ1n) is 8.18.